The molecule has 6 nitrogen and oxygen atoms in total. The first-order valence-corrected chi connectivity index (χ1v) is 9.59. The molecule has 1 heterocycles. The number of halogens is 3. The number of hydrogen-bond donors (Lipinski definition) is 0. The summed E-state index contributed by atoms with van der Waals surface area (Å²) >= 11 is 0. The standard InChI is InChI=1S/C21H22F3N3O3/c1-15-3-2-4-16(13-15)5-8-20(28)26-11-9-25(10-12-26)18-7-6-17(21(22,23)24)14-19(18)27(29)30/h2-4,6-7,13-14H,5,8-12H2,1H3. The van der Waals surface area contributed by atoms with Gasteiger partial charge >= 0.3 is 6.18 Å². The van der Waals surface area contributed by atoms with Crippen LogP contribution >= 0.6 is 0 Å². The number of amides is 1. The van der Waals surface area contributed by atoms with E-state index in [9.17, 15) is 28.1 Å². The predicted octanol–water partition coefficient (Wildman–Crippen LogP) is 4.20. The van der Waals surface area contributed by atoms with Gasteiger partial charge in [0.25, 0.3) is 5.69 Å². The Kier molecular flexibility index (Phi) is 6.28. The number of nitro groups is 1. The van der Waals surface area contributed by atoms with Crippen molar-refractivity contribution in [3.05, 3.63) is 69.3 Å². The van der Waals surface area contributed by atoms with Gasteiger partial charge in [-0.25, -0.2) is 0 Å². The van der Waals surface area contributed by atoms with Crippen LogP contribution in [0.3, 0.4) is 0 Å². The van der Waals surface area contributed by atoms with Gasteiger partial charge in [-0.1, -0.05) is 29.8 Å². The number of piperazine rings is 1. The molecular formula is C21H22F3N3O3. The van der Waals surface area contributed by atoms with E-state index in [1.54, 1.807) is 9.80 Å². The Hall–Kier alpha value is -3.10. The van der Waals surface area contributed by atoms with Gasteiger partial charge in [0, 0.05) is 38.7 Å². The summed E-state index contributed by atoms with van der Waals surface area (Å²) in [5.41, 5.74) is 0.723. The van der Waals surface area contributed by atoms with E-state index in [1.807, 2.05) is 31.2 Å². The van der Waals surface area contributed by atoms with E-state index in [-0.39, 0.29) is 11.6 Å². The van der Waals surface area contributed by atoms with Crippen molar-refractivity contribution < 1.29 is 22.9 Å². The van der Waals surface area contributed by atoms with Crippen molar-refractivity contribution in [2.75, 3.05) is 31.1 Å². The molecule has 1 amide bonds. The number of nitrogens with zero attached hydrogens (tertiary/aromatic N) is 3. The minimum absolute atomic E-state index is 0.00178. The van der Waals surface area contributed by atoms with Gasteiger partial charge in [0.1, 0.15) is 5.69 Å². The summed E-state index contributed by atoms with van der Waals surface area (Å²) in [6.07, 6.45) is -3.65. The van der Waals surface area contributed by atoms with Crippen LogP contribution in [0.2, 0.25) is 0 Å². The highest BCUT2D eigenvalue weighted by Crippen LogP contribution is 2.36. The Labute approximate surface area is 172 Å². The second-order valence-electron chi connectivity index (χ2n) is 7.32. The second kappa shape index (κ2) is 8.73. The Bertz CT molecular complexity index is 939. The van der Waals surface area contributed by atoms with Crippen molar-refractivity contribution in [1.82, 2.24) is 4.90 Å². The SMILES string of the molecule is Cc1cccc(CCC(=O)N2CCN(c3ccc(C(F)(F)F)cc3[N+](=O)[O-])CC2)c1. The van der Waals surface area contributed by atoms with Gasteiger partial charge in [0.2, 0.25) is 5.91 Å². The van der Waals surface area contributed by atoms with Crippen LogP contribution in [0.4, 0.5) is 24.5 Å². The Balaban J connectivity index is 1.62. The van der Waals surface area contributed by atoms with E-state index in [1.165, 1.54) is 0 Å². The van der Waals surface area contributed by atoms with Gasteiger partial charge < -0.3 is 9.80 Å². The third-order valence-electron chi connectivity index (χ3n) is 5.18. The maximum atomic E-state index is 12.9. The van der Waals surface area contributed by atoms with Crippen molar-refractivity contribution in [3.8, 4) is 0 Å². The lowest BCUT2D eigenvalue weighted by Gasteiger charge is -2.36. The molecule has 2 aromatic rings. The maximum Gasteiger partial charge on any atom is 0.416 e. The average molecular weight is 421 g/mol. The van der Waals surface area contributed by atoms with Gasteiger partial charge in [-0.3, -0.25) is 14.9 Å². The van der Waals surface area contributed by atoms with Crippen LogP contribution in [-0.4, -0.2) is 41.9 Å². The highest BCUT2D eigenvalue weighted by Gasteiger charge is 2.34. The topological polar surface area (TPSA) is 66.7 Å². The first kappa shape index (κ1) is 21.6. The van der Waals surface area contributed by atoms with Gasteiger partial charge in [-0.15, -0.1) is 0 Å². The number of hydrogen-bond acceptors (Lipinski definition) is 4. The van der Waals surface area contributed by atoms with Crippen molar-refractivity contribution in [2.24, 2.45) is 0 Å². The number of benzene rings is 2. The summed E-state index contributed by atoms with van der Waals surface area (Å²) < 4.78 is 38.6. The van der Waals surface area contributed by atoms with Crippen LogP contribution < -0.4 is 4.90 Å². The molecule has 30 heavy (non-hydrogen) atoms. The normalized spacial score (nSPS) is 14.7. The van der Waals surface area contributed by atoms with Gasteiger partial charge in [0.15, 0.2) is 0 Å². The first-order chi connectivity index (χ1) is 14.1. The van der Waals surface area contributed by atoms with E-state index in [4.69, 9.17) is 0 Å². The third-order valence-corrected chi connectivity index (χ3v) is 5.18. The van der Waals surface area contributed by atoms with E-state index in [2.05, 4.69) is 0 Å². The quantitative estimate of drug-likeness (QED) is 0.536. The predicted molar refractivity (Wildman–Crippen MR) is 106 cm³/mol. The van der Waals surface area contributed by atoms with Crippen molar-refractivity contribution in [1.29, 1.82) is 0 Å². The molecule has 0 aromatic heterocycles. The summed E-state index contributed by atoms with van der Waals surface area (Å²) in [7, 11) is 0. The van der Waals surface area contributed by atoms with Crippen LogP contribution in [-0.2, 0) is 17.4 Å². The molecule has 3 rings (SSSR count). The monoisotopic (exact) mass is 421 g/mol. The molecular weight excluding hydrogens is 399 g/mol. The van der Waals surface area contributed by atoms with Gasteiger partial charge in [-0.2, -0.15) is 13.2 Å². The zero-order valence-electron chi connectivity index (χ0n) is 16.5. The molecule has 2 aromatic carbocycles. The highest BCUT2D eigenvalue weighted by molar-refractivity contribution is 5.77. The fourth-order valence-electron chi connectivity index (χ4n) is 3.59. The van der Waals surface area contributed by atoms with E-state index < -0.39 is 22.4 Å². The molecule has 160 valence electrons. The molecule has 0 radical (unpaired) electrons. The molecule has 0 bridgehead atoms. The van der Waals surface area contributed by atoms with Crippen LogP contribution in [0.5, 0.6) is 0 Å². The van der Waals surface area contributed by atoms with Crippen LogP contribution in [0.1, 0.15) is 23.1 Å². The molecule has 0 spiro atoms. The number of alkyl halides is 3. The number of aryl methyl sites for hydroxylation is 2. The van der Waals surface area contributed by atoms with Gasteiger partial charge in [0.05, 0.1) is 10.5 Å². The van der Waals surface area contributed by atoms with E-state index in [0.717, 1.165) is 23.3 Å². The fraction of sp³-hybridized carbons (Fsp3) is 0.381. The van der Waals surface area contributed by atoms with Crippen molar-refractivity contribution in [3.63, 3.8) is 0 Å². The number of rotatable bonds is 5. The Morgan fingerprint density at radius 2 is 1.80 bits per heavy atom. The number of nitro benzene ring substituents is 1. The fourth-order valence-corrected chi connectivity index (χ4v) is 3.59. The van der Waals surface area contributed by atoms with Crippen molar-refractivity contribution in [2.45, 2.75) is 25.9 Å². The first-order valence-electron chi connectivity index (χ1n) is 9.59. The van der Waals surface area contributed by atoms with E-state index >= 15 is 0 Å². The minimum atomic E-state index is -4.65. The largest absolute Gasteiger partial charge is 0.416 e. The molecule has 0 N–H and O–H groups in total. The molecule has 0 unspecified atom stereocenters. The van der Waals surface area contributed by atoms with Crippen LogP contribution in [0.15, 0.2) is 42.5 Å². The zero-order valence-corrected chi connectivity index (χ0v) is 16.5. The maximum absolute atomic E-state index is 12.9. The number of anilines is 1. The lowest BCUT2D eigenvalue weighted by atomic mass is 10.1. The molecule has 0 aliphatic carbocycles. The van der Waals surface area contributed by atoms with Crippen LogP contribution in [0.25, 0.3) is 0 Å². The molecule has 1 aliphatic heterocycles. The molecule has 1 fully saturated rings. The average Bonchev–Trinajstić information content (AvgIpc) is 2.71. The zero-order chi connectivity index (χ0) is 21.9. The lowest BCUT2D eigenvalue weighted by Crippen LogP contribution is -2.49. The molecule has 1 aliphatic rings. The smallest absolute Gasteiger partial charge is 0.362 e. The van der Waals surface area contributed by atoms with Crippen molar-refractivity contribution >= 4 is 17.3 Å². The molecule has 9 heteroatoms. The summed E-state index contributed by atoms with van der Waals surface area (Å²) in [6, 6.07) is 10.5. The molecule has 0 saturated carbocycles. The Morgan fingerprint density at radius 3 is 2.40 bits per heavy atom. The summed E-state index contributed by atoms with van der Waals surface area (Å²) in [5, 5.41) is 11.3. The third kappa shape index (κ3) is 5.08. The molecule has 0 atom stereocenters. The summed E-state index contributed by atoms with van der Waals surface area (Å²) in [6.45, 7) is 3.37. The second-order valence-corrected chi connectivity index (χ2v) is 7.32. The summed E-state index contributed by atoms with van der Waals surface area (Å²) in [4.78, 5) is 26.4. The number of carbonyl (C=O) groups excluding carboxylic acids is 1. The lowest BCUT2D eigenvalue weighted by molar-refractivity contribution is -0.384. The summed E-state index contributed by atoms with van der Waals surface area (Å²) in [5.74, 6) is -0.00178. The van der Waals surface area contributed by atoms with Gasteiger partial charge in [-0.05, 0) is 31.0 Å². The highest BCUT2D eigenvalue weighted by atomic mass is 19.4. The molecule has 1 saturated heterocycles. The van der Waals surface area contributed by atoms with Crippen LogP contribution in [0, 0.1) is 17.0 Å². The minimum Gasteiger partial charge on any atom is -0.362 e. The Morgan fingerprint density at radius 1 is 1.10 bits per heavy atom. The number of carbonyl (C=O) groups is 1. The van der Waals surface area contributed by atoms with E-state index in [0.29, 0.717) is 45.1 Å².